The van der Waals surface area contributed by atoms with E-state index in [4.69, 9.17) is 0 Å². The van der Waals surface area contributed by atoms with Crippen molar-refractivity contribution in [2.45, 2.75) is 39.8 Å². The van der Waals surface area contributed by atoms with E-state index in [0.717, 1.165) is 5.56 Å². The summed E-state index contributed by atoms with van der Waals surface area (Å²) in [6.45, 7) is 6.96. The molecule has 0 radical (unpaired) electrons. The first-order valence-electron chi connectivity index (χ1n) is 6.78. The van der Waals surface area contributed by atoms with E-state index in [1.807, 2.05) is 13.8 Å². The Labute approximate surface area is 118 Å². The van der Waals surface area contributed by atoms with Crippen molar-refractivity contribution in [2.24, 2.45) is 5.92 Å². The quantitative estimate of drug-likeness (QED) is 0.808. The number of halogens is 2. The third-order valence-corrected chi connectivity index (χ3v) is 2.92. The molecule has 0 saturated carbocycles. The van der Waals surface area contributed by atoms with E-state index in [0.29, 0.717) is 19.0 Å². The van der Waals surface area contributed by atoms with Crippen molar-refractivity contribution in [2.75, 3.05) is 6.54 Å². The Morgan fingerprint density at radius 1 is 1.15 bits per heavy atom. The molecule has 1 rings (SSSR count). The van der Waals surface area contributed by atoms with Crippen LogP contribution in [-0.2, 0) is 11.3 Å². The standard InChI is InChI=1S/C15H22F2N2O/c1-10(2)8-19-15(20)11(3)18-9-12-4-6-13(7-5-12)14(16)17/h4-7,10-11,14,18H,8-9H2,1-3H3,(H,19,20). The van der Waals surface area contributed by atoms with Gasteiger partial charge in [-0.3, -0.25) is 4.79 Å². The molecule has 0 bridgehead atoms. The first-order chi connectivity index (χ1) is 9.40. The Balaban J connectivity index is 2.40. The van der Waals surface area contributed by atoms with Gasteiger partial charge in [0.2, 0.25) is 5.91 Å². The summed E-state index contributed by atoms with van der Waals surface area (Å²) in [7, 11) is 0. The number of carbonyl (C=O) groups is 1. The Bertz CT molecular complexity index is 418. The van der Waals surface area contributed by atoms with Gasteiger partial charge in [-0.2, -0.15) is 0 Å². The lowest BCUT2D eigenvalue weighted by molar-refractivity contribution is -0.122. The predicted molar refractivity (Wildman–Crippen MR) is 75.5 cm³/mol. The molecule has 5 heteroatoms. The van der Waals surface area contributed by atoms with E-state index in [1.165, 1.54) is 12.1 Å². The van der Waals surface area contributed by atoms with Gasteiger partial charge < -0.3 is 10.6 Å². The van der Waals surface area contributed by atoms with Crippen molar-refractivity contribution in [1.82, 2.24) is 10.6 Å². The van der Waals surface area contributed by atoms with E-state index in [1.54, 1.807) is 19.1 Å². The van der Waals surface area contributed by atoms with Gasteiger partial charge in [-0.1, -0.05) is 38.1 Å². The van der Waals surface area contributed by atoms with Crippen LogP contribution in [0.5, 0.6) is 0 Å². The van der Waals surface area contributed by atoms with Crippen molar-refractivity contribution in [3.63, 3.8) is 0 Å². The fourth-order valence-electron chi connectivity index (χ4n) is 1.60. The average Bonchev–Trinajstić information content (AvgIpc) is 2.42. The minimum atomic E-state index is -2.45. The average molecular weight is 284 g/mol. The van der Waals surface area contributed by atoms with Crippen molar-refractivity contribution in [3.8, 4) is 0 Å². The first kappa shape index (κ1) is 16.6. The molecular weight excluding hydrogens is 262 g/mol. The molecule has 0 aliphatic rings. The summed E-state index contributed by atoms with van der Waals surface area (Å²) >= 11 is 0. The molecule has 2 N–H and O–H groups in total. The fourth-order valence-corrected chi connectivity index (χ4v) is 1.60. The fraction of sp³-hybridized carbons (Fsp3) is 0.533. The van der Waals surface area contributed by atoms with Crippen LogP contribution in [0.2, 0.25) is 0 Å². The molecule has 112 valence electrons. The Hall–Kier alpha value is -1.49. The van der Waals surface area contributed by atoms with E-state index in [9.17, 15) is 13.6 Å². The summed E-state index contributed by atoms with van der Waals surface area (Å²) in [5, 5.41) is 5.91. The molecule has 1 unspecified atom stereocenters. The third-order valence-electron chi connectivity index (χ3n) is 2.92. The van der Waals surface area contributed by atoms with Crippen LogP contribution in [0.1, 0.15) is 38.3 Å². The van der Waals surface area contributed by atoms with Crippen LogP contribution >= 0.6 is 0 Å². The van der Waals surface area contributed by atoms with Gasteiger partial charge in [0, 0.05) is 18.7 Å². The SMILES string of the molecule is CC(C)CNC(=O)C(C)NCc1ccc(C(F)F)cc1. The number of nitrogens with one attached hydrogen (secondary N) is 2. The van der Waals surface area contributed by atoms with Crippen LogP contribution in [0.4, 0.5) is 8.78 Å². The second-order valence-electron chi connectivity index (χ2n) is 5.28. The van der Waals surface area contributed by atoms with Gasteiger partial charge in [-0.15, -0.1) is 0 Å². The third kappa shape index (κ3) is 5.65. The molecule has 0 aliphatic heterocycles. The van der Waals surface area contributed by atoms with Crippen LogP contribution in [0.3, 0.4) is 0 Å². The molecule has 0 aliphatic carbocycles. The minimum Gasteiger partial charge on any atom is -0.354 e. The minimum absolute atomic E-state index is 0.0106. The van der Waals surface area contributed by atoms with Crippen molar-refractivity contribution in [3.05, 3.63) is 35.4 Å². The van der Waals surface area contributed by atoms with E-state index in [2.05, 4.69) is 10.6 Å². The highest BCUT2D eigenvalue weighted by Crippen LogP contribution is 2.18. The van der Waals surface area contributed by atoms with Crippen LogP contribution in [0.25, 0.3) is 0 Å². The molecule has 20 heavy (non-hydrogen) atoms. The highest BCUT2D eigenvalue weighted by atomic mass is 19.3. The lowest BCUT2D eigenvalue weighted by Gasteiger charge is -2.15. The summed E-state index contributed by atoms with van der Waals surface area (Å²) in [4.78, 5) is 11.7. The van der Waals surface area contributed by atoms with Gasteiger partial charge in [0.25, 0.3) is 6.43 Å². The summed E-state index contributed by atoms with van der Waals surface area (Å²) in [5.74, 6) is 0.357. The predicted octanol–water partition coefficient (Wildman–Crippen LogP) is 2.87. The molecule has 0 saturated heterocycles. The van der Waals surface area contributed by atoms with Crippen molar-refractivity contribution in [1.29, 1.82) is 0 Å². The van der Waals surface area contributed by atoms with E-state index >= 15 is 0 Å². The zero-order valence-electron chi connectivity index (χ0n) is 12.1. The topological polar surface area (TPSA) is 41.1 Å². The molecule has 0 spiro atoms. The molecule has 1 aromatic carbocycles. The van der Waals surface area contributed by atoms with Gasteiger partial charge in [-0.05, 0) is 18.4 Å². The van der Waals surface area contributed by atoms with Crippen LogP contribution in [-0.4, -0.2) is 18.5 Å². The van der Waals surface area contributed by atoms with E-state index < -0.39 is 6.43 Å². The Morgan fingerprint density at radius 2 is 1.75 bits per heavy atom. The smallest absolute Gasteiger partial charge is 0.263 e. The molecule has 3 nitrogen and oxygen atoms in total. The van der Waals surface area contributed by atoms with Crippen LogP contribution in [0.15, 0.2) is 24.3 Å². The van der Waals surface area contributed by atoms with Gasteiger partial charge in [0.05, 0.1) is 6.04 Å². The number of hydrogen-bond acceptors (Lipinski definition) is 2. The molecular formula is C15H22F2N2O. The molecule has 1 atom stereocenters. The lowest BCUT2D eigenvalue weighted by atomic mass is 10.1. The largest absolute Gasteiger partial charge is 0.354 e. The Morgan fingerprint density at radius 3 is 2.25 bits per heavy atom. The Kier molecular flexibility index (Phi) is 6.58. The molecule has 0 heterocycles. The van der Waals surface area contributed by atoms with Crippen LogP contribution < -0.4 is 10.6 Å². The highest BCUT2D eigenvalue weighted by Gasteiger charge is 2.12. The number of carbonyl (C=O) groups excluding carboxylic acids is 1. The monoisotopic (exact) mass is 284 g/mol. The summed E-state index contributed by atoms with van der Waals surface area (Å²) in [6.07, 6.45) is -2.45. The summed E-state index contributed by atoms with van der Waals surface area (Å²) in [5.41, 5.74) is 0.884. The number of alkyl halides is 2. The maximum atomic E-state index is 12.4. The van der Waals surface area contributed by atoms with Gasteiger partial charge >= 0.3 is 0 Å². The van der Waals surface area contributed by atoms with Gasteiger partial charge in [0.1, 0.15) is 0 Å². The number of hydrogen-bond donors (Lipinski definition) is 2. The van der Waals surface area contributed by atoms with E-state index in [-0.39, 0.29) is 17.5 Å². The summed E-state index contributed by atoms with van der Waals surface area (Å²) < 4.78 is 24.8. The zero-order chi connectivity index (χ0) is 15.1. The molecule has 0 aromatic heterocycles. The number of benzene rings is 1. The maximum Gasteiger partial charge on any atom is 0.263 e. The van der Waals surface area contributed by atoms with Crippen LogP contribution in [0, 0.1) is 5.92 Å². The van der Waals surface area contributed by atoms with Gasteiger partial charge in [-0.25, -0.2) is 8.78 Å². The highest BCUT2D eigenvalue weighted by molar-refractivity contribution is 5.81. The first-order valence-corrected chi connectivity index (χ1v) is 6.78. The second-order valence-corrected chi connectivity index (χ2v) is 5.28. The van der Waals surface area contributed by atoms with Gasteiger partial charge in [0.15, 0.2) is 0 Å². The number of amides is 1. The molecule has 1 aromatic rings. The molecule has 1 amide bonds. The normalized spacial score (nSPS) is 12.8. The maximum absolute atomic E-state index is 12.4. The lowest BCUT2D eigenvalue weighted by Crippen LogP contribution is -2.42. The molecule has 0 fully saturated rings. The van der Waals surface area contributed by atoms with Crippen molar-refractivity contribution < 1.29 is 13.6 Å². The number of rotatable bonds is 7. The summed E-state index contributed by atoms with van der Waals surface area (Å²) in [6, 6.07) is 5.79. The van der Waals surface area contributed by atoms with Crippen molar-refractivity contribution >= 4 is 5.91 Å². The second kappa shape index (κ2) is 7.94. The zero-order valence-corrected chi connectivity index (χ0v) is 12.1.